The summed E-state index contributed by atoms with van der Waals surface area (Å²) >= 11 is 0. The molecule has 0 aliphatic carbocycles. The van der Waals surface area contributed by atoms with Crippen LogP contribution in [0.25, 0.3) is 39.6 Å². The van der Waals surface area contributed by atoms with Crippen LogP contribution in [0.1, 0.15) is 10.4 Å². The number of hydrogen-bond acceptors (Lipinski definition) is 6. The Bertz CT molecular complexity index is 1410. The molecule has 0 aliphatic rings. The van der Waals surface area contributed by atoms with Crippen LogP contribution in [0.2, 0.25) is 0 Å². The minimum atomic E-state index is -1.04. The fourth-order valence-electron chi connectivity index (χ4n) is 3.38. The second-order valence-corrected chi connectivity index (χ2v) is 6.85. The summed E-state index contributed by atoms with van der Waals surface area (Å²) in [5.41, 5.74) is 10.4. The second-order valence-electron chi connectivity index (χ2n) is 6.85. The molecule has 5 aromatic rings. The number of carboxylic acids is 1. The summed E-state index contributed by atoms with van der Waals surface area (Å²) in [4.78, 5) is 29.3. The lowest BCUT2D eigenvalue weighted by Crippen LogP contribution is -2.05. The van der Waals surface area contributed by atoms with Crippen LogP contribution in [-0.2, 0) is 0 Å². The highest BCUT2D eigenvalue weighted by atomic mass is 16.4. The molecule has 0 fully saturated rings. The number of imidazole rings is 1. The number of nitrogen functional groups attached to an aromatic ring is 1. The van der Waals surface area contributed by atoms with E-state index in [4.69, 9.17) is 15.7 Å². The molecule has 31 heavy (non-hydrogen) atoms. The third-order valence-corrected chi connectivity index (χ3v) is 4.89. The molecule has 0 amide bonds. The van der Waals surface area contributed by atoms with E-state index in [-0.39, 0.29) is 5.56 Å². The standard InChI is InChI=1S/C23H16N6O2/c24-17-13-25-11-10-16(17)21-28-19-8-7-18(14-4-2-1-3-5-14)27-22(19)29(21)20-9-6-15(12-26-20)23(30)31/h1-13H,24H2,(H,30,31). The van der Waals surface area contributed by atoms with Crippen LogP contribution >= 0.6 is 0 Å². The van der Waals surface area contributed by atoms with Crippen molar-refractivity contribution in [1.82, 2.24) is 24.5 Å². The number of carboxylic acid groups (broad SMARTS) is 1. The van der Waals surface area contributed by atoms with E-state index in [2.05, 4.69) is 9.97 Å². The third kappa shape index (κ3) is 3.25. The van der Waals surface area contributed by atoms with Gasteiger partial charge in [-0.15, -0.1) is 0 Å². The smallest absolute Gasteiger partial charge is 0.337 e. The van der Waals surface area contributed by atoms with E-state index in [1.54, 1.807) is 29.1 Å². The number of carbonyl (C=O) groups is 1. The molecular weight excluding hydrogens is 392 g/mol. The van der Waals surface area contributed by atoms with Crippen LogP contribution in [0.15, 0.2) is 79.3 Å². The molecule has 0 saturated heterocycles. The predicted molar refractivity (Wildman–Crippen MR) is 117 cm³/mol. The number of hydrogen-bond donors (Lipinski definition) is 2. The van der Waals surface area contributed by atoms with Crippen LogP contribution in [0.3, 0.4) is 0 Å². The zero-order chi connectivity index (χ0) is 21.4. The average Bonchev–Trinajstić information content (AvgIpc) is 3.18. The number of rotatable bonds is 4. The van der Waals surface area contributed by atoms with Gasteiger partial charge >= 0.3 is 5.97 Å². The summed E-state index contributed by atoms with van der Waals surface area (Å²) in [5.74, 6) is -0.0164. The summed E-state index contributed by atoms with van der Waals surface area (Å²) in [6.45, 7) is 0. The summed E-state index contributed by atoms with van der Waals surface area (Å²) in [6.07, 6.45) is 4.51. The molecule has 8 nitrogen and oxygen atoms in total. The first-order valence-electron chi connectivity index (χ1n) is 9.46. The highest BCUT2D eigenvalue weighted by Gasteiger charge is 2.19. The molecule has 0 spiro atoms. The highest BCUT2D eigenvalue weighted by molar-refractivity contribution is 5.88. The van der Waals surface area contributed by atoms with E-state index in [1.807, 2.05) is 42.5 Å². The number of anilines is 1. The van der Waals surface area contributed by atoms with Crippen LogP contribution in [0.5, 0.6) is 0 Å². The van der Waals surface area contributed by atoms with Crippen molar-refractivity contribution in [2.75, 3.05) is 5.73 Å². The van der Waals surface area contributed by atoms with E-state index in [0.29, 0.717) is 34.1 Å². The number of benzene rings is 1. The first-order valence-corrected chi connectivity index (χ1v) is 9.46. The Morgan fingerprint density at radius 2 is 1.77 bits per heavy atom. The maximum atomic E-state index is 11.3. The average molecular weight is 408 g/mol. The van der Waals surface area contributed by atoms with Crippen molar-refractivity contribution in [3.8, 4) is 28.5 Å². The van der Waals surface area contributed by atoms with E-state index in [9.17, 15) is 9.90 Å². The molecule has 5 rings (SSSR count). The van der Waals surface area contributed by atoms with Crippen LogP contribution < -0.4 is 5.73 Å². The van der Waals surface area contributed by atoms with Crippen molar-refractivity contribution in [2.24, 2.45) is 0 Å². The van der Waals surface area contributed by atoms with Crippen molar-refractivity contribution in [3.63, 3.8) is 0 Å². The number of aromatic carboxylic acids is 1. The Kier molecular flexibility index (Phi) is 4.37. The molecule has 1 aromatic carbocycles. The molecule has 0 bridgehead atoms. The molecule has 4 aromatic heterocycles. The molecule has 3 N–H and O–H groups in total. The summed E-state index contributed by atoms with van der Waals surface area (Å²) in [7, 11) is 0. The molecule has 150 valence electrons. The number of nitrogens with two attached hydrogens (primary N) is 1. The van der Waals surface area contributed by atoms with E-state index >= 15 is 0 Å². The predicted octanol–water partition coefficient (Wildman–Crippen LogP) is 3.82. The molecule has 8 heteroatoms. The molecule has 0 radical (unpaired) electrons. The maximum Gasteiger partial charge on any atom is 0.337 e. The third-order valence-electron chi connectivity index (χ3n) is 4.89. The van der Waals surface area contributed by atoms with Gasteiger partial charge in [0.05, 0.1) is 23.1 Å². The SMILES string of the molecule is Nc1cnccc1-c1nc2ccc(-c3ccccc3)nc2n1-c1ccc(C(=O)O)cn1. The minimum Gasteiger partial charge on any atom is -0.478 e. The second kappa shape index (κ2) is 7.34. The van der Waals surface area contributed by atoms with Crippen molar-refractivity contribution in [2.45, 2.75) is 0 Å². The van der Waals surface area contributed by atoms with E-state index in [0.717, 1.165) is 11.3 Å². The summed E-state index contributed by atoms with van der Waals surface area (Å²) < 4.78 is 1.78. The van der Waals surface area contributed by atoms with Gasteiger partial charge in [-0.2, -0.15) is 0 Å². The Hall–Kier alpha value is -4.59. The fourth-order valence-corrected chi connectivity index (χ4v) is 3.38. The molecule has 4 heterocycles. The Balaban J connectivity index is 1.79. The summed E-state index contributed by atoms with van der Waals surface area (Å²) in [6, 6.07) is 18.5. The molecule has 0 atom stereocenters. The van der Waals surface area contributed by atoms with Crippen molar-refractivity contribution in [3.05, 3.63) is 84.8 Å². The first-order chi connectivity index (χ1) is 15.1. The first kappa shape index (κ1) is 18.4. The van der Waals surface area contributed by atoms with Crippen LogP contribution in [-0.4, -0.2) is 35.6 Å². The molecule has 0 unspecified atom stereocenters. The van der Waals surface area contributed by atoms with Gasteiger partial charge in [-0.25, -0.2) is 19.7 Å². The quantitative estimate of drug-likeness (QED) is 0.464. The lowest BCUT2D eigenvalue weighted by atomic mass is 10.1. The number of fused-ring (bicyclic) bond motifs is 1. The Morgan fingerprint density at radius 1 is 0.935 bits per heavy atom. The zero-order valence-corrected chi connectivity index (χ0v) is 16.2. The van der Waals surface area contributed by atoms with Gasteiger partial charge in [0.25, 0.3) is 0 Å². The van der Waals surface area contributed by atoms with Gasteiger partial charge in [0.15, 0.2) is 5.65 Å². The van der Waals surface area contributed by atoms with Crippen LogP contribution in [0.4, 0.5) is 5.69 Å². The largest absolute Gasteiger partial charge is 0.478 e. The molecule has 0 aliphatic heterocycles. The Morgan fingerprint density at radius 3 is 2.48 bits per heavy atom. The van der Waals surface area contributed by atoms with Gasteiger partial charge in [0.2, 0.25) is 0 Å². The van der Waals surface area contributed by atoms with Gasteiger partial charge in [-0.3, -0.25) is 9.55 Å². The van der Waals surface area contributed by atoms with Crippen molar-refractivity contribution in [1.29, 1.82) is 0 Å². The van der Waals surface area contributed by atoms with Crippen molar-refractivity contribution < 1.29 is 9.90 Å². The normalized spacial score (nSPS) is 11.0. The number of nitrogens with zero attached hydrogens (tertiary/aromatic N) is 5. The maximum absolute atomic E-state index is 11.3. The lowest BCUT2D eigenvalue weighted by molar-refractivity contribution is 0.0696. The minimum absolute atomic E-state index is 0.0936. The van der Waals surface area contributed by atoms with E-state index < -0.39 is 5.97 Å². The van der Waals surface area contributed by atoms with Gasteiger partial charge in [-0.05, 0) is 30.3 Å². The van der Waals surface area contributed by atoms with Gasteiger partial charge < -0.3 is 10.8 Å². The fraction of sp³-hybridized carbons (Fsp3) is 0. The van der Waals surface area contributed by atoms with E-state index in [1.165, 1.54) is 12.3 Å². The topological polar surface area (TPSA) is 120 Å². The molecule has 0 saturated carbocycles. The van der Waals surface area contributed by atoms with Crippen molar-refractivity contribution >= 4 is 22.8 Å². The van der Waals surface area contributed by atoms with Gasteiger partial charge in [0, 0.05) is 23.5 Å². The number of pyridine rings is 3. The van der Waals surface area contributed by atoms with Gasteiger partial charge in [0.1, 0.15) is 17.2 Å². The van der Waals surface area contributed by atoms with Crippen LogP contribution in [0, 0.1) is 0 Å². The number of aromatic nitrogens is 5. The highest BCUT2D eigenvalue weighted by Crippen LogP contribution is 2.31. The Labute approximate surface area is 176 Å². The van der Waals surface area contributed by atoms with Gasteiger partial charge in [-0.1, -0.05) is 30.3 Å². The molecular formula is C23H16N6O2. The zero-order valence-electron chi connectivity index (χ0n) is 16.2. The lowest BCUT2D eigenvalue weighted by Gasteiger charge is -2.10. The summed E-state index contributed by atoms with van der Waals surface area (Å²) in [5, 5.41) is 9.21. The monoisotopic (exact) mass is 408 g/mol.